The molecule has 0 aliphatic heterocycles. The van der Waals surface area contributed by atoms with Crippen LogP contribution in [-0.2, 0) is 13.1 Å². The fourth-order valence-electron chi connectivity index (χ4n) is 2.33. The first kappa shape index (κ1) is 18.6. The third-order valence-electron chi connectivity index (χ3n) is 3.74. The Hall–Kier alpha value is -0.450. The van der Waals surface area contributed by atoms with Crippen molar-refractivity contribution in [1.82, 2.24) is 10.2 Å². The van der Waals surface area contributed by atoms with E-state index in [1.165, 1.54) is 17.7 Å². The van der Waals surface area contributed by atoms with Crippen LogP contribution < -0.4 is 5.32 Å². The SMILES string of the molecule is CCC(CSC)N(C)Cc1cc(CNC(C)(C)C)oc1C. The zero-order chi connectivity index (χ0) is 16.0. The number of aryl methyl sites for hydroxylation is 1. The Morgan fingerprint density at radius 2 is 2.05 bits per heavy atom. The summed E-state index contributed by atoms with van der Waals surface area (Å²) in [5.41, 5.74) is 1.42. The van der Waals surface area contributed by atoms with Crippen LogP contribution in [0.3, 0.4) is 0 Å². The molecule has 0 saturated heterocycles. The molecule has 1 N–H and O–H groups in total. The zero-order valence-electron chi connectivity index (χ0n) is 14.7. The van der Waals surface area contributed by atoms with E-state index in [0.717, 1.165) is 24.6 Å². The first-order valence-corrected chi connectivity index (χ1v) is 9.18. The van der Waals surface area contributed by atoms with Crippen LogP contribution in [-0.4, -0.2) is 35.5 Å². The van der Waals surface area contributed by atoms with E-state index in [1.54, 1.807) is 0 Å². The van der Waals surface area contributed by atoms with Gasteiger partial charge in [0, 0.05) is 29.4 Å². The van der Waals surface area contributed by atoms with Crippen LogP contribution in [0.15, 0.2) is 10.5 Å². The van der Waals surface area contributed by atoms with Crippen LogP contribution in [0.4, 0.5) is 0 Å². The largest absolute Gasteiger partial charge is 0.465 e. The molecule has 3 nitrogen and oxygen atoms in total. The number of hydrogen-bond donors (Lipinski definition) is 1. The van der Waals surface area contributed by atoms with Crippen molar-refractivity contribution in [1.29, 1.82) is 0 Å². The fraction of sp³-hybridized carbons (Fsp3) is 0.765. The molecular weight excluding hydrogens is 280 g/mol. The smallest absolute Gasteiger partial charge is 0.118 e. The molecular formula is C17H32N2OS. The second-order valence-electron chi connectivity index (χ2n) is 6.83. The minimum absolute atomic E-state index is 0.114. The fourth-order valence-corrected chi connectivity index (χ4v) is 3.21. The minimum atomic E-state index is 0.114. The van der Waals surface area contributed by atoms with Gasteiger partial charge in [0.2, 0.25) is 0 Å². The van der Waals surface area contributed by atoms with Gasteiger partial charge in [-0.2, -0.15) is 11.8 Å². The Labute approximate surface area is 134 Å². The van der Waals surface area contributed by atoms with Crippen molar-refractivity contribution in [3.8, 4) is 0 Å². The monoisotopic (exact) mass is 312 g/mol. The van der Waals surface area contributed by atoms with Gasteiger partial charge in [0.25, 0.3) is 0 Å². The molecule has 1 rings (SSSR count). The van der Waals surface area contributed by atoms with E-state index in [9.17, 15) is 0 Å². The Balaban J connectivity index is 2.65. The molecule has 0 amide bonds. The van der Waals surface area contributed by atoms with E-state index in [4.69, 9.17) is 4.42 Å². The highest BCUT2D eigenvalue weighted by Crippen LogP contribution is 2.19. The summed E-state index contributed by atoms with van der Waals surface area (Å²) in [7, 11) is 2.21. The Bertz CT molecular complexity index is 423. The van der Waals surface area contributed by atoms with Gasteiger partial charge in [-0.25, -0.2) is 0 Å². The normalized spacial score (nSPS) is 13.9. The maximum atomic E-state index is 5.89. The first-order valence-electron chi connectivity index (χ1n) is 7.79. The summed E-state index contributed by atoms with van der Waals surface area (Å²) in [5, 5.41) is 3.48. The molecule has 0 spiro atoms. The molecule has 0 bridgehead atoms. The molecule has 1 unspecified atom stereocenters. The average molecular weight is 313 g/mol. The summed E-state index contributed by atoms with van der Waals surface area (Å²) in [6.07, 6.45) is 3.36. The van der Waals surface area contributed by atoms with Crippen LogP contribution in [0.5, 0.6) is 0 Å². The van der Waals surface area contributed by atoms with Gasteiger partial charge in [-0.15, -0.1) is 0 Å². The second-order valence-corrected chi connectivity index (χ2v) is 7.74. The molecule has 4 heteroatoms. The summed E-state index contributed by atoms with van der Waals surface area (Å²) in [4.78, 5) is 2.44. The molecule has 1 heterocycles. The number of nitrogens with zero attached hydrogens (tertiary/aromatic N) is 1. The van der Waals surface area contributed by atoms with Gasteiger partial charge in [-0.05, 0) is 53.5 Å². The van der Waals surface area contributed by atoms with Crippen molar-refractivity contribution in [3.63, 3.8) is 0 Å². The average Bonchev–Trinajstić information content (AvgIpc) is 2.73. The third kappa shape index (κ3) is 6.45. The summed E-state index contributed by atoms with van der Waals surface area (Å²) in [6.45, 7) is 12.6. The molecule has 1 aromatic rings. The highest BCUT2D eigenvalue weighted by atomic mass is 32.2. The van der Waals surface area contributed by atoms with E-state index < -0.39 is 0 Å². The summed E-state index contributed by atoms with van der Waals surface area (Å²) in [5.74, 6) is 3.26. The van der Waals surface area contributed by atoms with Gasteiger partial charge in [0.15, 0.2) is 0 Å². The van der Waals surface area contributed by atoms with E-state index in [1.807, 2.05) is 11.8 Å². The molecule has 1 atom stereocenters. The Morgan fingerprint density at radius 1 is 1.38 bits per heavy atom. The van der Waals surface area contributed by atoms with Crippen LogP contribution in [0.25, 0.3) is 0 Å². The van der Waals surface area contributed by atoms with Gasteiger partial charge in [0.1, 0.15) is 11.5 Å². The van der Waals surface area contributed by atoms with E-state index >= 15 is 0 Å². The number of hydrogen-bond acceptors (Lipinski definition) is 4. The molecule has 0 radical (unpaired) electrons. The number of nitrogens with one attached hydrogen (secondary N) is 1. The van der Waals surface area contributed by atoms with Gasteiger partial charge in [0.05, 0.1) is 6.54 Å². The van der Waals surface area contributed by atoms with E-state index in [2.05, 4.69) is 64.2 Å². The number of rotatable bonds is 8. The zero-order valence-corrected chi connectivity index (χ0v) is 15.6. The van der Waals surface area contributed by atoms with Gasteiger partial charge >= 0.3 is 0 Å². The quantitative estimate of drug-likeness (QED) is 0.784. The summed E-state index contributed by atoms with van der Waals surface area (Å²) in [6, 6.07) is 2.83. The standard InChI is InChI=1S/C17H32N2OS/c1-8-15(12-21-7)19(6)11-14-9-16(20-13(14)2)10-18-17(3,4)5/h9,15,18H,8,10-12H2,1-7H3. The third-order valence-corrected chi connectivity index (χ3v) is 4.46. The van der Waals surface area contributed by atoms with Crippen molar-refractivity contribution in [2.75, 3.05) is 19.1 Å². The summed E-state index contributed by atoms with van der Waals surface area (Å²) < 4.78 is 5.89. The molecule has 0 aromatic carbocycles. The minimum Gasteiger partial charge on any atom is -0.465 e. The van der Waals surface area contributed by atoms with Crippen LogP contribution in [0.2, 0.25) is 0 Å². The number of thioether (sulfide) groups is 1. The molecule has 0 fully saturated rings. The van der Waals surface area contributed by atoms with Crippen LogP contribution >= 0.6 is 11.8 Å². The molecule has 21 heavy (non-hydrogen) atoms. The van der Waals surface area contributed by atoms with E-state index in [-0.39, 0.29) is 5.54 Å². The summed E-state index contributed by atoms with van der Waals surface area (Å²) >= 11 is 1.92. The molecule has 0 aliphatic carbocycles. The topological polar surface area (TPSA) is 28.4 Å². The van der Waals surface area contributed by atoms with Crippen LogP contribution in [0, 0.1) is 6.92 Å². The lowest BCUT2D eigenvalue weighted by Crippen LogP contribution is -2.34. The van der Waals surface area contributed by atoms with Gasteiger partial charge in [-0.1, -0.05) is 6.92 Å². The van der Waals surface area contributed by atoms with Crippen molar-refractivity contribution in [2.45, 2.75) is 65.7 Å². The highest BCUT2D eigenvalue weighted by molar-refractivity contribution is 7.98. The molecule has 0 saturated carbocycles. The maximum Gasteiger partial charge on any atom is 0.118 e. The highest BCUT2D eigenvalue weighted by Gasteiger charge is 2.16. The lowest BCUT2D eigenvalue weighted by Gasteiger charge is -2.26. The first-order chi connectivity index (χ1) is 9.76. The molecule has 0 aliphatic rings. The van der Waals surface area contributed by atoms with Crippen molar-refractivity contribution in [3.05, 3.63) is 23.2 Å². The Kier molecular flexibility index (Phi) is 7.31. The van der Waals surface area contributed by atoms with Crippen LogP contribution in [0.1, 0.15) is 51.2 Å². The van der Waals surface area contributed by atoms with Gasteiger partial charge < -0.3 is 9.73 Å². The maximum absolute atomic E-state index is 5.89. The van der Waals surface area contributed by atoms with Crippen molar-refractivity contribution < 1.29 is 4.42 Å². The predicted molar refractivity (Wildman–Crippen MR) is 94.0 cm³/mol. The van der Waals surface area contributed by atoms with Crippen molar-refractivity contribution in [2.24, 2.45) is 0 Å². The lowest BCUT2D eigenvalue weighted by atomic mass is 10.1. The lowest BCUT2D eigenvalue weighted by molar-refractivity contribution is 0.246. The predicted octanol–water partition coefficient (Wildman–Crippen LogP) is 4.05. The molecule has 1 aromatic heterocycles. The molecule has 122 valence electrons. The number of furan rings is 1. The Morgan fingerprint density at radius 3 is 2.57 bits per heavy atom. The van der Waals surface area contributed by atoms with Crippen molar-refractivity contribution >= 4 is 11.8 Å². The van der Waals surface area contributed by atoms with E-state index in [0.29, 0.717) is 6.04 Å². The van der Waals surface area contributed by atoms with Gasteiger partial charge in [-0.3, -0.25) is 4.90 Å². The second kappa shape index (κ2) is 8.25.